The monoisotopic (exact) mass is 258 g/mol. The van der Waals surface area contributed by atoms with Crippen LogP contribution in [0.3, 0.4) is 0 Å². The Hall–Kier alpha value is -0.0400. The predicted molar refractivity (Wildman–Crippen MR) is 73.8 cm³/mol. The molecular formula is C18H26O. The largest absolute Gasteiger partial charge is 0.372 e. The van der Waals surface area contributed by atoms with Gasteiger partial charge in [0, 0.05) is 21.7 Å². The van der Waals surface area contributed by atoms with Crippen LogP contribution in [0.1, 0.15) is 77.0 Å². The third-order valence-corrected chi connectivity index (χ3v) is 8.86. The van der Waals surface area contributed by atoms with Crippen LogP contribution in [0.2, 0.25) is 0 Å². The molecule has 2 saturated heterocycles. The smallest absolute Gasteiger partial charge is 0.0717 e. The van der Waals surface area contributed by atoms with Crippen molar-refractivity contribution in [3.05, 3.63) is 0 Å². The van der Waals surface area contributed by atoms with Crippen LogP contribution in [0, 0.1) is 21.7 Å². The molecule has 19 heavy (non-hydrogen) atoms. The van der Waals surface area contributed by atoms with E-state index in [-0.39, 0.29) is 0 Å². The highest BCUT2D eigenvalue weighted by Gasteiger charge is 3.17. The summed E-state index contributed by atoms with van der Waals surface area (Å²) in [4.78, 5) is 0. The van der Waals surface area contributed by atoms with Gasteiger partial charge in [-0.15, -0.1) is 0 Å². The Morgan fingerprint density at radius 1 is 0.474 bits per heavy atom. The zero-order chi connectivity index (χ0) is 12.3. The number of ether oxygens (including phenoxy) is 1. The number of hydrogen-bond donors (Lipinski definition) is 0. The first-order valence-electron chi connectivity index (χ1n) is 9.04. The van der Waals surface area contributed by atoms with E-state index in [1.165, 1.54) is 77.0 Å². The van der Waals surface area contributed by atoms with Gasteiger partial charge >= 0.3 is 0 Å². The summed E-state index contributed by atoms with van der Waals surface area (Å²) in [7, 11) is 0. The van der Waals surface area contributed by atoms with Crippen molar-refractivity contribution in [2.45, 2.75) is 89.3 Å². The van der Waals surface area contributed by atoms with Crippen LogP contribution in [-0.4, -0.2) is 12.2 Å². The molecule has 7 aliphatic rings. The second-order valence-corrected chi connectivity index (χ2v) is 8.61. The first-order chi connectivity index (χ1) is 9.39. The minimum Gasteiger partial charge on any atom is -0.372 e. The molecule has 0 atom stereocenters. The van der Waals surface area contributed by atoms with E-state index < -0.39 is 0 Å². The Labute approximate surface area is 116 Å². The summed E-state index contributed by atoms with van der Waals surface area (Å²) in [6.07, 6.45) is 19.6. The highest BCUT2D eigenvalue weighted by Crippen LogP contribution is 3.13. The molecule has 0 N–H and O–H groups in total. The van der Waals surface area contributed by atoms with Gasteiger partial charge in [-0.25, -0.2) is 0 Å². The van der Waals surface area contributed by atoms with Crippen molar-refractivity contribution in [1.82, 2.24) is 0 Å². The van der Waals surface area contributed by atoms with Crippen LogP contribution in [0.4, 0.5) is 0 Å². The Balaban J connectivity index is 1.49. The van der Waals surface area contributed by atoms with Crippen LogP contribution in [0.5, 0.6) is 0 Å². The van der Waals surface area contributed by atoms with E-state index in [2.05, 4.69) is 0 Å². The molecule has 0 unspecified atom stereocenters. The van der Waals surface area contributed by atoms with Crippen molar-refractivity contribution in [2.75, 3.05) is 0 Å². The standard InChI is InChI=1S/C18H26O/c1-2-6-10-16-14-18(16)12-8-4-3-7-11-17(18)13(19-14)15(16,17)9-5-1/h13-14H,1-12H2. The molecular weight excluding hydrogens is 232 g/mol. The molecule has 0 aromatic carbocycles. The molecule has 2 bridgehead atoms. The molecule has 0 aromatic rings. The van der Waals surface area contributed by atoms with Crippen molar-refractivity contribution in [3.8, 4) is 0 Å². The third kappa shape index (κ3) is 0.681. The van der Waals surface area contributed by atoms with Crippen LogP contribution < -0.4 is 0 Å². The fraction of sp³-hybridized carbons (Fsp3) is 1.00. The topological polar surface area (TPSA) is 9.23 Å². The molecule has 2 aliphatic heterocycles. The van der Waals surface area contributed by atoms with Crippen molar-refractivity contribution >= 4 is 0 Å². The molecule has 5 saturated carbocycles. The SMILES string of the molecule is C1CCCC23C4OC5C2(CC1)C51CCCCCCC413. The summed E-state index contributed by atoms with van der Waals surface area (Å²) in [6.45, 7) is 0. The lowest BCUT2D eigenvalue weighted by Crippen LogP contribution is -2.47. The maximum absolute atomic E-state index is 6.63. The summed E-state index contributed by atoms with van der Waals surface area (Å²) in [5.74, 6) is 0. The average Bonchev–Trinajstić information content (AvgIpc) is 3.02. The lowest BCUT2D eigenvalue weighted by Gasteiger charge is -2.51. The molecule has 2 heterocycles. The molecule has 7 rings (SSSR count). The Bertz CT molecular complexity index is 374. The van der Waals surface area contributed by atoms with E-state index in [1.807, 2.05) is 0 Å². The lowest BCUT2D eigenvalue weighted by molar-refractivity contribution is -0.0558. The Morgan fingerprint density at radius 2 is 0.789 bits per heavy atom. The van der Waals surface area contributed by atoms with Gasteiger partial charge in [-0.2, -0.15) is 0 Å². The van der Waals surface area contributed by atoms with Gasteiger partial charge < -0.3 is 4.74 Å². The Kier molecular flexibility index (Phi) is 1.57. The van der Waals surface area contributed by atoms with Gasteiger partial charge in [0.15, 0.2) is 0 Å². The van der Waals surface area contributed by atoms with Crippen molar-refractivity contribution in [2.24, 2.45) is 21.7 Å². The summed E-state index contributed by atoms with van der Waals surface area (Å²) in [5.41, 5.74) is 2.90. The van der Waals surface area contributed by atoms with Crippen molar-refractivity contribution < 1.29 is 4.74 Å². The molecule has 0 amide bonds. The van der Waals surface area contributed by atoms with Gasteiger partial charge in [0.1, 0.15) is 0 Å². The van der Waals surface area contributed by atoms with E-state index in [0.29, 0.717) is 0 Å². The highest BCUT2D eigenvalue weighted by molar-refractivity contribution is 5.62. The molecule has 4 spiro atoms. The quantitative estimate of drug-likeness (QED) is 0.624. The first-order valence-corrected chi connectivity index (χ1v) is 9.04. The van der Waals surface area contributed by atoms with Crippen LogP contribution >= 0.6 is 0 Å². The molecule has 1 nitrogen and oxygen atoms in total. The van der Waals surface area contributed by atoms with Gasteiger partial charge in [0.05, 0.1) is 12.2 Å². The minimum atomic E-state index is 0.725. The van der Waals surface area contributed by atoms with Crippen LogP contribution in [-0.2, 0) is 4.74 Å². The second kappa shape index (κ2) is 2.80. The van der Waals surface area contributed by atoms with Crippen LogP contribution in [0.25, 0.3) is 0 Å². The maximum atomic E-state index is 6.63. The molecule has 1 heteroatoms. The molecule has 5 aliphatic carbocycles. The number of rotatable bonds is 0. The van der Waals surface area contributed by atoms with E-state index in [0.717, 1.165) is 33.9 Å². The first kappa shape index (κ1) is 10.7. The molecule has 7 fully saturated rings. The molecule has 0 radical (unpaired) electrons. The van der Waals surface area contributed by atoms with Gasteiger partial charge in [-0.3, -0.25) is 0 Å². The lowest BCUT2D eigenvalue weighted by atomic mass is 9.50. The van der Waals surface area contributed by atoms with Gasteiger partial charge in [-0.05, 0) is 25.7 Å². The van der Waals surface area contributed by atoms with E-state index in [9.17, 15) is 0 Å². The second-order valence-electron chi connectivity index (χ2n) is 8.61. The maximum Gasteiger partial charge on any atom is 0.0717 e. The summed E-state index contributed by atoms with van der Waals surface area (Å²) < 4.78 is 6.63. The highest BCUT2D eigenvalue weighted by atomic mass is 16.5. The number of hydrogen-bond acceptors (Lipinski definition) is 1. The van der Waals surface area contributed by atoms with Crippen molar-refractivity contribution in [1.29, 1.82) is 0 Å². The zero-order valence-electron chi connectivity index (χ0n) is 12.0. The summed E-state index contributed by atoms with van der Waals surface area (Å²) >= 11 is 0. The molecule has 0 aromatic heterocycles. The van der Waals surface area contributed by atoms with Crippen LogP contribution in [0.15, 0.2) is 0 Å². The zero-order valence-corrected chi connectivity index (χ0v) is 12.0. The van der Waals surface area contributed by atoms with E-state index >= 15 is 0 Å². The normalized spacial score (nSPS) is 68.2. The fourth-order valence-corrected chi connectivity index (χ4v) is 8.82. The van der Waals surface area contributed by atoms with Gasteiger partial charge in [0.2, 0.25) is 0 Å². The third-order valence-electron chi connectivity index (χ3n) is 8.86. The Morgan fingerprint density at radius 3 is 1.11 bits per heavy atom. The average molecular weight is 258 g/mol. The summed E-state index contributed by atoms with van der Waals surface area (Å²) in [5, 5.41) is 0. The van der Waals surface area contributed by atoms with Gasteiger partial charge in [0.25, 0.3) is 0 Å². The minimum absolute atomic E-state index is 0.725. The van der Waals surface area contributed by atoms with Crippen molar-refractivity contribution in [3.63, 3.8) is 0 Å². The fourth-order valence-electron chi connectivity index (χ4n) is 8.82. The van der Waals surface area contributed by atoms with Gasteiger partial charge in [-0.1, -0.05) is 51.4 Å². The van der Waals surface area contributed by atoms with E-state index in [4.69, 9.17) is 4.74 Å². The van der Waals surface area contributed by atoms with E-state index in [1.54, 1.807) is 0 Å². The summed E-state index contributed by atoms with van der Waals surface area (Å²) in [6, 6.07) is 0. The predicted octanol–water partition coefficient (Wildman–Crippen LogP) is 4.45. The molecule has 104 valence electrons.